The van der Waals surface area contributed by atoms with E-state index in [0.717, 1.165) is 44.9 Å². The molecule has 3 unspecified atom stereocenters. The van der Waals surface area contributed by atoms with Crippen molar-refractivity contribution < 1.29 is 23.8 Å². The number of ketones is 1. The predicted octanol–water partition coefficient (Wildman–Crippen LogP) is 4.97. The number of allylic oxidation sites excluding steroid dienone is 1. The second-order valence-corrected chi connectivity index (χ2v) is 11.5. The Bertz CT molecular complexity index is 839. The predicted molar refractivity (Wildman–Crippen MR) is 116 cm³/mol. The number of carbonyl (C=O) groups is 2. The molecule has 1 saturated heterocycles. The van der Waals surface area contributed by atoms with Gasteiger partial charge in [-0.2, -0.15) is 0 Å². The van der Waals surface area contributed by atoms with Crippen molar-refractivity contribution >= 4 is 11.8 Å². The van der Waals surface area contributed by atoms with Gasteiger partial charge < -0.3 is 14.2 Å². The van der Waals surface area contributed by atoms with E-state index in [1.54, 1.807) is 12.5 Å². The number of Topliss-reactive ketones (excluding diaryl/α,β-unsaturated/α-hetero) is 1. The Morgan fingerprint density at radius 3 is 2.29 bits per heavy atom. The van der Waals surface area contributed by atoms with Crippen LogP contribution in [0.4, 0.5) is 0 Å². The van der Waals surface area contributed by atoms with Gasteiger partial charge in [-0.25, -0.2) is 0 Å². The van der Waals surface area contributed by atoms with Gasteiger partial charge in [-0.05, 0) is 75.5 Å². The minimum atomic E-state index is -0.949. The van der Waals surface area contributed by atoms with Crippen LogP contribution in [0.15, 0.2) is 11.1 Å². The smallest absolute Gasteiger partial charge is 0.303 e. The molecule has 4 fully saturated rings. The fraction of sp³-hybridized carbons (Fsp3) is 0.846. The highest BCUT2D eigenvalue weighted by atomic mass is 16.7. The molecule has 0 aromatic rings. The van der Waals surface area contributed by atoms with Crippen LogP contribution in [0.2, 0.25) is 0 Å². The van der Waals surface area contributed by atoms with E-state index in [-0.39, 0.29) is 22.6 Å². The standard InChI is InChI=1S/C26H38O5/c1-16-14-19-20(23(4)10-11-25(15-22(16)23)29-12-13-30-25)6-8-24(5)21(19)7-9-26(24,17(2)27)31-18(3)28/h19-21H,6-15H2,1-5H3/t19?,20?,21?,23-,24+,26+/m1/s1. The molecule has 0 bridgehead atoms. The Morgan fingerprint density at radius 2 is 1.65 bits per heavy atom. The van der Waals surface area contributed by atoms with Gasteiger partial charge in [0.2, 0.25) is 0 Å². The number of carbonyl (C=O) groups excluding carboxylic acids is 2. The van der Waals surface area contributed by atoms with Gasteiger partial charge in [-0.1, -0.05) is 25.0 Å². The lowest BCUT2D eigenvalue weighted by Crippen LogP contribution is -2.59. The average Bonchev–Trinajstić information content (AvgIpc) is 3.27. The maximum atomic E-state index is 12.9. The zero-order valence-corrected chi connectivity index (χ0v) is 19.8. The topological polar surface area (TPSA) is 61.8 Å². The second kappa shape index (κ2) is 6.90. The van der Waals surface area contributed by atoms with Gasteiger partial charge in [-0.15, -0.1) is 0 Å². The van der Waals surface area contributed by atoms with E-state index < -0.39 is 11.4 Å². The Balaban J connectivity index is 1.50. The monoisotopic (exact) mass is 430 g/mol. The molecule has 5 heteroatoms. The minimum Gasteiger partial charge on any atom is -0.451 e. The molecule has 6 atom stereocenters. The fourth-order valence-electron chi connectivity index (χ4n) is 8.85. The molecule has 1 spiro atoms. The van der Waals surface area contributed by atoms with Crippen molar-refractivity contribution in [2.45, 2.75) is 97.4 Å². The Hall–Kier alpha value is -1.20. The van der Waals surface area contributed by atoms with Crippen molar-refractivity contribution in [2.75, 3.05) is 13.2 Å². The molecule has 172 valence electrons. The molecule has 1 aliphatic heterocycles. The number of ether oxygens (including phenoxy) is 3. The first-order chi connectivity index (χ1) is 14.6. The van der Waals surface area contributed by atoms with Crippen LogP contribution >= 0.6 is 0 Å². The van der Waals surface area contributed by atoms with Gasteiger partial charge in [-0.3, -0.25) is 9.59 Å². The summed E-state index contributed by atoms with van der Waals surface area (Å²) in [5.41, 5.74) is 2.03. The summed E-state index contributed by atoms with van der Waals surface area (Å²) in [4.78, 5) is 24.9. The summed E-state index contributed by atoms with van der Waals surface area (Å²) in [5, 5.41) is 0. The molecule has 0 radical (unpaired) electrons. The maximum absolute atomic E-state index is 12.9. The maximum Gasteiger partial charge on any atom is 0.303 e. The fourth-order valence-corrected chi connectivity index (χ4v) is 8.85. The number of esters is 1. The van der Waals surface area contributed by atoms with Crippen LogP contribution in [-0.4, -0.2) is 36.4 Å². The minimum absolute atomic E-state index is 0.0243. The van der Waals surface area contributed by atoms with E-state index in [0.29, 0.717) is 37.4 Å². The summed E-state index contributed by atoms with van der Waals surface area (Å²) in [6.45, 7) is 11.5. The summed E-state index contributed by atoms with van der Waals surface area (Å²) in [5.74, 6) is 0.876. The lowest BCUT2D eigenvalue weighted by atomic mass is 9.45. The summed E-state index contributed by atoms with van der Waals surface area (Å²) in [6.07, 6.45) is 7.75. The average molecular weight is 431 g/mol. The van der Waals surface area contributed by atoms with Gasteiger partial charge in [0.25, 0.3) is 0 Å². The zero-order valence-electron chi connectivity index (χ0n) is 19.8. The molecular weight excluding hydrogens is 392 g/mol. The first kappa shape index (κ1) is 21.6. The van der Waals surface area contributed by atoms with Gasteiger partial charge in [0.05, 0.1) is 13.2 Å². The van der Waals surface area contributed by atoms with Gasteiger partial charge in [0, 0.05) is 25.2 Å². The molecule has 31 heavy (non-hydrogen) atoms. The van der Waals surface area contributed by atoms with Crippen molar-refractivity contribution in [1.82, 2.24) is 0 Å². The Labute approximate surface area is 186 Å². The first-order valence-corrected chi connectivity index (χ1v) is 12.2. The van der Waals surface area contributed by atoms with Crippen LogP contribution in [0, 0.1) is 28.6 Å². The summed E-state index contributed by atoms with van der Waals surface area (Å²) in [7, 11) is 0. The van der Waals surface area contributed by atoms with Crippen LogP contribution in [0.25, 0.3) is 0 Å². The zero-order chi connectivity index (χ0) is 22.2. The molecule has 4 aliphatic carbocycles. The van der Waals surface area contributed by atoms with Crippen molar-refractivity contribution in [2.24, 2.45) is 28.6 Å². The largest absolute Gasteiger partial charge is 0.451 e. The normalized spacial score (nSPS) is 45.8. The van der Waals surface area contributed by atoms with Crippen LogP contribution in [0.1, 0.15) is 86.0 Å². The molecule has 0 N–H and O–H groups in total. The molecule has 0 aromatic heterocycles. The molecule has 5 aliphatic rings. The lowest BCUT2D eigenvalue weighted by molar-refractivity contribution is -0.195. The Morgan fingerprint density at radius 1 is 0.968 bits per heavy atom. The molecule has 0 aromatic carbocycles. The number of hydrogen-bond acceptors (Lipinski definition) is 5. The van der Waals surface area contributed by atoms with Gasteiger partial charge in [0.15, 0.2) is 17.2 Å². The van der Waals surface area contributed by atoms with E-state index in [2.05, 4.69) is 20.8 Å². The number of hydrogen-bond donors (Lipinski definition) is 0. The molecular formula is C26H38O5. The highest BCUT2D eigenvalue weighted by Crippen LogP contribution is 2.69. The van der Waals surface area contributed by atoms with Crippen molar-refractivity contribution in [3.8, 4) is 0 Å². The van der Waals surface area contributed by atoms with Crippen molar-refractivity contribution in [3.05, 3.63) is 11.1 Å². The van der Waals surface area contributed by atoms with Crippen molar-refractivity contribution in [3.63, 3.8) is 0 Å². The van der Waals surface area contributed by atoms with E-state index in [1.165, 1.54) is 12.5 Å². The van der Waals surface area contributed by atoms with Crippen molar-refractivity contribution in [1.29, 1.82) is 0 Å². The number of fused-ring (bicyclic) bond motifs is 5. The molecule has 0 amide bonds. The van der Waals surface area contributed by atoms with E-state index in [1.807, 2.05) is 0 Å². The van der Waals surface area contributed by atoms with Crippen LogP contribution < -0.4 is 0 Å². The van der Waals surface area contributed by atoms with E-state index in [9.17, 15) is 9.59 Å². The van der Waals surface area contributed by atoms with Gasteiger partial charge >= 0.3 is 5.97 Å². The highest BCUT2D eigenvalue weighted by Gasteiger charge is 2.68. The Kier molecular flexibility index (Phi) is 4.81. The molecule has 5 nitrogen and oxygen atoms in total. The molecule has 5 rings (SSSR count). The quantitative estimate of drug-likeness (QED) is 0.457. The summed E-state index contributed by atoms with van der Waals surface area (Å²) in [6, 6.07) is 0. The lowest BCUT2D eigenvalue weighted by Gasteiger charge is -2.60. The van der Waals surface area contributed by atoms with Crippen LogP contribution in [0.5, 0.6) is 0 Å². The van der Waals surface area contributed by atoms with Crippen LogP contribution in [-0.2, 0) is 23.8 Å². The molecule has 3 saturated carbocycles. The third-order valence-electron chi connectivity index (χ3n) is 10.3. The summed E-state index contributed by atoms with van der Waals surface area (Å²) < 4.78 is 18.1. The number of rotatable bonds is 2. The van der Waals surface area contributed by atoms with E-state index >= 15 is 0 Å². The second-order valence-electron chi connectivity index (χ2n) is 11.5. The van der Waals surface area contributed by atoms with E-state index in [4.69, 9.17) is 14.2 Å². The third kappa shape index (κ3) is 2.81. The first-order valence-electron chi connectivity index (χ1n) is 12.2. The van der Waals surface area contributed by atoms with Gasteiger partial charge in [0.1, 0.15) is 0 Å². The summed E-state index contributed by atoms with van der Waals surface area (Å²) >= 11 is 0. The highest BCUT2D eigenvalue weighted by molar-refractivity contribution is 5.89. The molecule has 1 heterocycles. The third-order valence-corrected chi connectivity index (χ3v) is 10.3. The SMILES string of the molecule is CC(=O)O[C@]1(C(C)=O)CCC2C3CC(C)=C4CC5(CC[C@]4(C)C3CC[C@@]21C)OCCO5. The van der Waals surface area contributed by atoms with Crippen LogP contribution in [0.3, 0.4) is 0 Å².